The van der Waals surface area contributed by atoms with Crippen LogP contribution in [0.2, 0.25) is 0 Å². The van der Waals surface area contributed by atoms with Crippen LogP contribution in [-0.2, 0) is 11.3 Å². The number of aryl methyl sites for hydroxylation is 1. The van der Waals surface area contributed by atoms with Crippen LogP contribution < -0.4 is 5.14 Å². The first-order chi connectivity index (χ1) is 8.02. The van der Waals surface area contributed by atoms with Crippen LogP contribution >= 0.6 is 0 Å². The summed E-state index contributed by atoms with van der Waals surface area (Å²) in [5.41, 5.74) is 3.47. The number of aromatic amines is 1. The quantitative estimate of drug-likeness (QED) is 0.705. The predicted octanol–water partition coefficient (Wildman–Crippen LogP) is 0.223. The first-order valence-electron chi connectivity index (χ1n) is 4.66. The molecule has 1 heterocycles. The molecule has 7 nitrogen and oxygen atoms in total. The van der Waals surface area contributed by atoms with Crippen LogP contribution in [0.3, 0.4) is 0 Å². The maximum Gasteiger partial charge on any atom is 0.204 e. The number of rotatable bonds is 1. The van der Waals surface area contributed by atoms with Crippen molar-refractivity contribution in [3.63, 3.8) is 0 Å². The van der Waals surface area contributed by atoms with Crippen molar-refractivity contribution in [2.75, 3.05) is 0 Å². The minimum Gasteiger partial charge on any atom is -0.760 e. The highest BCUT2D eigenvalue weighted by molar-refractivity contribution is 7.76. The molecule has 0 fully saturated rings. The molecular weight excluding hydrogens is 242 g/mol. The molecule has 0 radical (unpaired) electrons. The van der Waals surface area contributed by atoms with E-state index in [4.69, 9.17) is 8.76 Å². The third-order valence-electron chi connectivity index (χ3n) is 2.19. The average molecular weight is 254 g/mol. The maximum absolute atomic E-state index is 8.78. The molecule has 1 atom stereocenters. The third kappa shape index (κ3) is 4.02. The number of nitrogens with one attached hydrogen (secondary N) is 1. The van der Waals surface area contributed by atoms with Gasteiger partial charge in [0.2, 0.25) is 5.82 Å². The highest BCUT2D eigenvalue weighted by atomic mass is 32.2. The molecular formula is C9H12N5O2S-. The maximum atomic E-state index is 8.78. The Morgan fingerprint density at radius 1 is 1.41 bits per heavy atom. The molecule has 8 heteroatoms. The second-order valence-electron chi connectivity index (χ2n) is 3.24. The molecule has 0 saturated carbocycles. The van der Waals surface area contributed by atoms with Crippen molar-refractivity contribution in [2.45, 2.75) is 13.8 Å². The van der Waals surface area contributed by atoms with Gasteiger partial charge in [0.15, 0.2) is 0 Å². The van der Waals surface area contributed by atoms with Gasteiger partial charge < -0.3 is 4.55 Å². The van der Waals surface area contributed by atoms with Crippen LogP contribution in [0.15, 0.2) is 18.2 Å². The van der Waals surface area contributed by atoms with Gasteiger partial charge in [-0.2, -0.15) is 5.21 Å². The van der Waals surface area contributed by atoms with Gasteiger partial charge >= 0.3 is 0 Å². The minimum absolute atomic E-state index is 0.654. The van der Waals surface area contributed by atoms with Crippen molar-refractivity contribution >= 4 is 11.3 Å². The van der Waals surface area contributed by atoms with Gasteiger partial charge in [-0.3, -0.25) is 9.35 Å². The number of nitrogens with zero attached hydrogens (tertiary/aromatic N) is 3. The van der Waals surface area contributed by atoms with Crippen LogP contribution in [0.5, 0.6) is 0 Å². The zero-order valence-electron chi connectivity index (χ0n) is 9.38. The zero-order chi connectivity index (χ0) is 12.8. The molecule has 0 aliphatic carbocycles. The molecule has 1 unspecified atom stereocenters. The summed E-state index contributed by atoms with van der Waals surface area (Å²) >= 11 is -2.36. The third-order valence-corrected chi connectivity index (χ3v) is 2.19. The Balaban J connectivity index is 0.000000317. The highest BCUT2D eigenvalue weighted by Crippen LogP contribution is 2.20. The van der Waals surface area contributed by atoms with Crippen molar-refractivity contribution < 1.29 is 8.76 Å². The second kappa shape index (κ2) is 6.18. The lowest BCUT2D eigenvalue weighted by Crippen LogP contribution is -1.97. The van der Waals surface area contributed by atoms with Crippen molar-refractivity contribution in [1.29, 1.82) is 0 Å². The molecule has 17 heavy (non-hydrogen) atoms. The fourth-order valence-electron chi connectivity index (χ4n) is 1.27. The van der Waals surface area contributed by atoms with Crippen LogP contribution in [-0.4, -0.2) is 29.4 Å². The summed E-state index contributed by atoms with van der Waals surface area (Å²) < 4.78 is 17.6. The van der Waals surface area contributed by atoms with E-state index in [9.17, 15) is 0 Å². The van der Waals surface area contributed by atoms with Gasteiger partial charge in [-0.25, -0.2) is 0 Å². The van der Waals surface area contributed by atoms with E-state index in [1.165, 1.54) is 11.1 Å². The second-order valence-corrected chi connectivity index (χ2v) is 3.76. The standard InChI is InChI=1S/C9H10N4.H3NO2S/c1-6-4-3-5-8(7(6)2)9-10-12-13-11-9;1-4(2)3/h3-5H,1-2H3,(H,10,11,12,13);1H2,(H,2,3)/p-1. The van der Waals surface area contributed by atoms with Crippen LogP contribution in [0, 0.1) is 13.8 Å². The Morgan fingerprint density at radius 3 is 2.59 bits per heavy atom. The topological polar surface area (TPSA) is 121 Å². The Morgan fingerprint density at radius 2 is 2.06 bits per heavy atom. The normalized spacial score (nSPS) is 11.5. The van der Waals surface area contributed by atoms with E-state index >= 15 is 0 Å². The number of benzene rings is 1. The monoisotopic (exact) mass is 254 g/mol. The molecule has 1 aromatic carbocycles. The molecule has 0 bridgehead atoms. The first kappa shape index (κ1) is 13.4. The van der Waals surface area contributed by atoms with Crippen molar-refractivity contribution in [2.24, 2.45) is 5.14 Å². The van der Waals surface area contributed by atoms with E-state index in [1.54, 1.807) is 0 Å². The average Bonchev–Trinajstić information content (AvgIpc) is 2.74. The summed E-state index contributed by atoms with van der Waals surface area (Å²) in [6.45, 7) is 4.12. The van der Waals surface area contributed by atoms with Gasteiger partial charge in [0.25, 0.3) is 0 Å². The molecule has 2 aromatic rings. The van der Waals surface area contributed by atoms with E-state index in [0.29, 0.717) is 5.82 Å². The lowest BCUT2D eigenvalue weighted by atomic mass is 10.0. The van der Waals surface area contributed by atoms with Crippen LogP contribution in [0.4, 0.5) is 0 Å². The molecule has 2 rings (SSSR count). The van der Waals surface area contributed by atoms with E-state index in [0.717, 1.165) is 5.56 Å². The van der Waals surface area contributed by atoms with Gasteiger partial charge in [-0.1, -0.05) is 18.2 Å². The van der Waals surface area contributed by atoms with Gasteiger partial charge in [0.1, 0.15) is 0 Å². The Kier molecular flexibility index (Phi) is 4.88. The summed E-state index contributed by atoms with van der Waals surface area (Å²) in [5, 5.41) is 17.9. The summed E-state index contributed by atoms with van der Waals surface area (Å²) in [7, 11) is 0. The van der Waals surface area contributed by atoms with Gasteiger partial charge in [0, 0.05) is 16.8 Å². The zero-order valence-corrected chi connectivity index (χ0v) is 10.2. The molecule has 92 valence electrons. The Labute approximate surface area is 101 Å². The van der Waals surface area contributed by atoms with Crippen molar-refractivity contribution in [1.82, 2.24) is 20.6 Å². The van der Waals surface area contributed by atoms with E-state index < -0.39 is 11.3 Å². The molecule has 1 aromatic heterocycles. The number of nitrogens with two attached hydrogens (primary N) is 1. The largest absolute Gasteiger partial charge is 0.760 e. The van der Waals surface area contributed by atoms with E-state index in [2.05, 4.69) is 45.7 Å². The summed E-state index contributed by atoms with van der Waals surface area (Å²) in [6.07, 6.45) is 0. The smallest absolute Gasteiger partial charge is 0.204 e. The van der Waals surface area contributed by atoms with Gasteiger partial charge in [-0.05, 0) is 30.2 Å². The van der Waals surface area contributed by atoms with Crippen LogP contribution in [0.1, 0.15) is 11.1 Å². The lowest BCUT2D eigenvalue weighted by molar-refractivity contribution is 0.539. The molecule has 0 spiro atoms. The fraction of sp³-hybridized carbons (Fsp3) is 0.222. The Hall–Kier alpha value is -1.64. The minimum atomic E-state index is -2.36. The molecule has 0 aliphatic heterocycles. The number of aromatic nitrogens is 4. The predicted molar refractivity (Wildman–Crippen MR) is 62.2 cm³/mol. The number of H-pyrrole nitrogens is 1. The SMILES string of the molecule is Cc1cccc(-c2nn[nH]n2)c1C.NS(=O)[O-]. The van der Waals surface area contributed by atoms with Crippen molar-refractivity contribution in [3.8, 4) is 11.4 Å². The van der Waals surface area contributed by atoms with Crippen LogP contribution in [0.25, 0.3) is 11.4 Å². The highest BCUT2D eigenvalue weighted by Gasteiger charge is 2.06. The summed E-state index contributed by atoms with van der Waals surface area (Å²) in [5.74, 6) is 0.654. The first-order valence-corrected chi connectivity index (χ1v) is 5.80. The lowest BCUT2D eigenvalue weighted by Gasteiger charge is -2.03. The molecule has 0 aliphatic rings. The molecule has 0 saturated heterocycles. The number of hydrogen-bond donors (Lipinski definition) is 2. The fourth-order valence-corrected chi connectivity index (χ4v) is 1.27. The van der Waals surface area contributed by atoms with E-state index in [-0.39, 0.29) is 0 Å². The van der Waals surface area contributed by atoms with Crippen molar-refractivity contribution in [3.05, 3.63) is 29.3 Å². The molecule has 0 amide bonds. The van der Waals surface area contributed by atoms with Gasteiger partial charge in [0.05, 0.1) is 0 Å². The number of tetrazole rings is 1. The van der Waals surface area contributed by atoms with Gasteiger partial charge in [-0.15, -0.1) is 10.2 Å². The summed E-state index contributed by atoms with van der Waals surface area (Å²) in [6, 6.07) is 6.06. The van der Waals surface area contributed by atoms with E-state index in [1.807, 2.05) is 12.1 Å². The number of hydrogen-bond acceptors (Lipinski definition) is 5. The molecule has 3 N–H and O–H groups in total. The summed E-state index contributed by atoms with van der Waals surface area (Å²) in [4.78, 5) is 0. The Bertz CT molecular complexity index is 496.